The van der Waals surface area contributed by atoms with E-state index in [2.05, 4.69) is 43.8 Å². The minimum atomic E-state index is -1.49. The first-order chi connectivity index (χ1) is 61.6. The highest BCUT2D eigenvalue weighted by Crippen LogP contribution is 2.35. The molecule has 0 aromatic heterocycles. The summed E-state index contributed by atoms with van der Waals surface area (Å²) in [5.74, 6) is -7.41. The Labute approximate surface area is 756 Å². The van der Waals surface area contributed by atoms with Crippen molar-refractivity contribution < 1.29 is 145 Å². The fourth-order valence-corrected chi connectivity index (χ4v) is 13.5. The predicted octanol–water partition coefficient (Wildman–Crippen LogP) is -3.12. The summed E-state index contributed by atoms with van der Waals surface area (Å²) < 4.78 is 61.1. The number of rotatable bonds is 44. The number of carbonyl (C=O) groups excluding carboxylic acids is 13. The van der Waals surface area contributed by atoms with Gasteiger partial charge in [-0.3, -0.25) is 62.3 Å². The second kappa shape index (κ2) is 57.9. The molecule has 27 atom stereocenters. The number of nitrogens with two attached hydrogens (primary N) is 5. The maximum absolute atomic E-state index is 12.8. The molecule has 4 aliphatic rings. The van der Waals surface area contributed by atoms with E-state index in [4.69, 9.17) is 80.8 Å². The molecule has 0 spiro atoms. The molecule has 4 aliphatic heterocycles. The summed E-state index contributed by atoms with van der Waals surface area (Å²) in [6.45, 7) is 22.5. The van der Waals surface area contributed by atoms with E-state index in [0.717, 1.165) is 16.7 Å². The monoisotopic (exact) mass is 1840 g/mol. The lowest BCUT2D eigenvalue weighted by Crippen LogP contribution is -2.65. The maximum atomic E-state index is 12.8. The summed E-state index contributed by atoms with van der Waals surface area (Å²) in [7, 11) is 0. The lowest BCUT2D eigenvalue weighted by molar-refractivity contribution is -0.270. The number of hydrogen-bond acceptors (Lipinski definition) is 32. The second-order valence-corrected chi connectivity index (χ2v) is 32.1. The van der Waals surface area contributed by atoms with E-state index >= 15 is 0 Å². The van der Waals surface area contributed by atoms with Crippen LogP contribution in [0.4, 0.5) is 0 Å². The van der Waals surface area contributed by atoms with Crippen molar-refractivity contribution in [2.24, 2.45) is 64.2 Å². The van der Waals surface area contributed by atoms with Crippen molar-refractivity contribution in [2.75, 3.05) is 59.5 Å². The van der Waals surface area contributed by atoms with Crippen LogP contribution in [0.3, 0.4) is 0 Å². The SMILES string of the molecule is C=CCOC(=O)[C@@H](C)COC1OC(COC(C)=O)[C@@H](C)[C@H](C)[C@@H]1NC(=O)CC.CCC(=O)N[C@@H]1C(OC[C@H](C)C(=O)N[C@@H](Cc2ccccc2)C(N)=O)OC(COC(C)=O)[C@@H](C)[C@@H]1C.CCC(=O)N[C@@H]1C(OC[C@H](N)C(=O)N[C@@H](Cc2ccccc2)C(N)=O)OC(CO)[C@@H](O)[C@@H]1O.CCC(=O)N[C@@H]1C(OC[C@H](N)C(=O)N[C@@H](Cc2ccccc2)C(N)=O)OC(CO)[C@@H](O)[C@@H]1O. The molecule has 23 N–H and O–H groups in total. The van der Waals surface area contributed by atoms with Gasteiger partial charge in [-0.15, -0.1) is 0 Å². The van der Waals surface area contributed by atoms with Gasteiger partial charge in [-0.2, -0.15) is 0 Å². The second-order valence-electron chi connectivity index (χ2n) is 32.1. The molecule has 728 valence electrons. The van der Waals surface area contributed by atoms with Gasteiger partial charge in [0.15, 0.2) is 25.2 Å². The third-order valence-corrected chi connectivity index (χ3v) is 22.0. The van der Waals surface area contributed by atoms with Crippen LogP contribution >= 0.6 is 0 Å². The van der Waals surface area contributed by atoms with Crippen LogP contribution in [0.5, 0.6) is 0 Å². The van der Waals surface area contributed by atoms with Crippen LogP contribution < -0.4 is 65.9 Å². The molecule has 42 heteroatoms. The summed E-state index contributed by atoms with van der Waals surface area (Å²) in [4.78, 5) is 155. The average molecular weight is 1840 g/mol. The van der Waals surface area contributed by atoms with Gasteiger partial charge in [0.1, 0.15) is 98.7 Å². The van der Waals surface area contributed by atoms with Crippen molar-refractivity contribution in [1.82, 2.24) is 37.2 Å². The Morgan fingerprint density at radius 1 is 0.408 bits per heavy atom. The summed E-state index contributed by atoms with van der Waals surface area (Å²) >= 11 is 0. The Morgan fingerprint density at radius 2 is 0.692 bits per heavy atom. The van der Waals surface area contributed by atoms with Crippen molar-refractivity contribution in [2.45, 2.75) is 256 Å². The van der Waals surface area contributed by atoms with E-state index in [1.54, 1.807) is 90.1 Å². The number of aliphatic hydroxyl groups is 6. The topological polar surface area (TPSA) is 659 Å². The molecule has 4 fully saturated rings. The van der Waals surface area contributed by atoms with E-state index in [1.807, 2.05) is 70.2 Å². The van der Waals surface area contributed by atoms with Gasteiger partial charge in [0.25, 0.3) is 0 Å². The number of amides is 10. The molecule has 4 saturated heterocycles. The van der Waals surface area contributed by atoms with Crippen LogP contribution in [-0.4, -0.2) is 295 Å². The molecule has 0 radical (unpaired) electrons. The van der Waals surface area contributed by atoms with Crippen molar-refractivity contribution in [3.8, 4) is 0 Å². The lowest BCUT2D eigenvalue weighted by Gasteiger charge is -2.44. The number of primary amides is 3. The van der Waals surface area contributed by atoms with Gasteiger partial charge in [0.05, 0.1) is 75.8 Å². The van der Waals surface area contributed by atoms with Gasteiger partial charge in [-0.25, -0.2) is 0 Å². The zero-order chi connectivity index (χ0) is 97.2. The van der Waals surface area contributed by atoms with Crippen molar-refractivity contribution >= 4 is 77.0 Å². The minimum Gasteiger partial charge on any atom is -0.463 e. The van der Waals surface area contributed by atoms with Gasteiger partial charge < -0.3 is 149 Å². The number of hydrogen-bond donors (Lipinski definition) is 18. The van der Waals surface area contributed by atoms with E-state index in [9.17, 15) is 93.0 Å². The highest BCUT2D eigenvalue weighted by atomic mass is 16.7. The molecular weight excluding hydrogens is 1710 g/mol. The number of ether oxygens (including phenoxy) is 11. The number of benzene rings is 3. The van der Waals surface area contributed by atoms with E-state index in [-0.39, 0.29) is 119 Å². The summed E-state index contributed by atoms with van der Waals surface area (Å²) in [5, 5.41) is 78.1. The Hall–Kier alpha value is -10.1. The molecule has 0 aliphatic carbocycles. The normalized spacial score (nSPS) is 26.6. The van der Waals surface area contributed by atoms with Gasteiger partial charge in [-0.05, 0) is 47.3 Å². The summed E-state index contributed by atoms with van der Waals surface area (Å²) in [6.07, 6.45) is -10.3. The first-order valence-corrected chi connectivity index (χ1v) is 43.2. The third kappa shape index (κ3) is 37.3. The van der Waals surface area contributed by atoms with Crippen molar-refractivity contribution in [3.63, 3.8) is 0 Å². The van der Waals surface area contributed by atoms with E-state index in [1.165, 1.54) is 19.9 Å². The molecule has 3 aromatic rings. The van der Waals surface area contributed by atoms with E-state index in [0.29, 0.717) is 12.8 Å². The molecule has 10 amide bonds. The largest absolute Gasteiger partial charge is 0.463 e. The molecular formula is C88H136N12O30. The Balaban J connectivity index is 0.000000364. The van der Waals surface area contributed by atoms with Crippen LogP contribution in [0.2, 0.25) is 0 Å². The van der Waals surface area contributed by atoms with Crippen molar-refractivity contribution in [3.05, 3.63) is 120 Å². The zero-order valence-corrected chi connectivity index (χ0v) is 75.7. The van der Waals surface area contributed by atoms with Crippen LogP contribution in [0.25, 0.3) is 0 Å². The number of aliphatic hydroxyl groups excluding tert-OH is 6. The minimum absolute atomic E-state index is 0.0119. The Kier molecular flexibility index (Phi) is 50.0. The lowest BCUT2D eigenvalue weighted by atomic mass is 9.82. The Bertz CT molecular complexity index is 3910. The predicted molar refractivity (Wildman–Crippen MR) is 465 cm³/mol. The molecule has 4 heterocycles. The molecule has 8 unspecified atom stereocenters. The van der Waals surface area contributed by atoms with Gasteiger partial charge >= 0.3 is 17.9 Å². The maximum Gasteiger partial charge on any atom is 0.311 e. The molecule has 0 saturated carbocycles. The molecule has 42 nitrogen and oxygen atoms in total. The van der Waals surface area contributed by atoms with Crippen LogP contribution in [0.15, 0.2) is 104 Å². The molecule has 130 heavy (non-hydrogen) atoms. The Morgan fingerprint density at radius 3 is 0.985 bits per heavy atom. The van der Waals surface area contributed by atoms with Gasteiger partial charge in [-0.1, -0.05) is 166 Å². The zero-order valence-electron chi connectivity index (χ0n) is 75.7. The molecule has 3 aromatic carbocycles. The highest BCUT2D eigenvalue weighted by Gasteiger charge is 2.49. The average Bonchev–Trinajstić information content (AvgIpc) is 0.814. The van der Waals surface area contributed by atoms with Crippen molar-refractivity contribution in [1.29, 1.82) is 0 Å². The fourth-order valence-electron chi connectivity index (χ4n) is 13.5. The standard InChI is InChI=1S/C26H39N3O7.2C21H32N4O8.C20H33NO7/c1-6-22(31)29-23-17(4)16(3)21(14-34-18(5)30)36-26(23)35-13-15(2)25(33)28-20(24(27)32)12-19-10-8-7-9-11-19;2*1-2-15(27)25-16-18(29)17(28)14(9-26)33-21(16)32-10-12(22)20(31)24-13(19(23)30)8-11-6-4-3-5-7-11;1-7-9-25-19(24)12(3)10-27-20-18(21-17(23)8-2)14(5)13(4)16(28-20)11-26-15(6)22/h7-11,15-17,20-21,23,26H,6,12-14H2,1-5H3,(H2,27,32)(H,28,33)(H,29,31);2*3-7,12-14,16-18,21,26,28-29H,2,8-10,22H2,1H3,(H2,23,30)(H,24,31)(H,25,27);7,12-14,16,18,20H,1,8-11H2,2-6H3,(H,21,23)/t15-,16-,17-,20-,21?,23-,26?;2*12-,13-,14?,16-,17+,18+,21?;12-,13-,14-,16?,18-,20?/m0000/s1. The summed E-state index contributed by atoms with van der Waals surface area (Å²) in [5.41, 5.74) is 30.5. The van der Waals surface area contributed by atoms with Crippen LogP contribution in [0.1, 0.15) is 125 Å². The highest BCUT2D eigenvalue weighted by molar-refractivity contribution is 5.90. The summed E-state index contributed by atoms with van der Waals surface area (Å²) in [6, 6.07) is 18.7. The third-order valence-electron chi connectivity index (χ3n) is 22.0. The quantitative estimate of drug-likeness (QED) is 0.0151. The van der Waals surface area contributed by atoms with Crippen LogP contribution in [0, 0.1) is 35.5 Å². The fraction of sp³-hybridized carbons (Fsp3) is 0.625. The van der Waals surface area contributed by atoms with Gasteiger partial charge in [0.2, 0.25) is 59.1 Å². The van der Waals surface area contributed by atoms with Crippen LogP contribution in [-0.2, 0) is 134 Å². The number of nitrogens with one attached hydrogen (secondary N) is 7. The first-order valence-electron chi connectivity index (χ1n) is 43.2. The van der Waals surface area contributed by atoms with Gasteiger partial charge in [0, 0.05) is 58.8 Å². The number of carbonyl (C=O) groups is 13. The molecule has 7 rings (SSSR count). The smallest absolute Gasteiger partial charge is 0.311 e. The first kappa shape index (κ1) is 112. The number of esters is 3. The van der Waals surface area contributed by atoms with E-state index < -0.39 is 214 Å². The molecule has 0 bridgehead atoms.